The molecule has 1 unspecified atom stereocenters. The molecule has 0 aliphatic carbocycles. The fraction of sp³-hybridized carbons (Fsp3) is 0.393. The minimum Gasteiger partial charge on any atom is -0.484 e. The molecule has 0 radical (unpaired) electrons. The van der Waals surface area contributed by atoms with E-state index in [9.17, 15) is 14.4 Å². The second kappa shape index (κ2) is 11.5. The monoisotopic (exact) mass is 516 g/mol. The van der Waals surface area contributed by atoms with Crippen LogP contribution in [0.15, 0.2) is 54.6 Å². The number of piperidine rings is 1. The van der Waals surface area contributed by atoms with Crippen molar-refractivity contribution in [3.63, 3.8) is 0 Å². The van der Waals surface area contributed by atoms with Gasteiger partial charge in [0.2, 0.25) is 5.91 Å². The van der Waals surface area contributed by atoms with Crippen LogP contribution in [0.3, 0.4) is 0 Å². The van der Waals surface area contributed by atoms with Gasteiger partial charge in [-0.3, -0.25) is 19.5 Å². The molecule has 198 valence electrons. The summed E-state index contributed by atoms with van der Waals surface area (Å²) < 4.78 is 5.69. The zero-order valence-electron chi connectivity index (χ0n) is 21.5. The summed E-state index contributed by atoms with van der Waals surface area (Å²) >= 11 is 0. The number of benzene rings is 2. The molecule has 1 atom stereocenters. The Hall–Kier alpha value is -4.21. The molecule has 0 saturated carbocycles. The highest BCUT2D eigenvalue weighted by atomic mass is 16.5. The van der Waals surface area contributed by atoms with Crippen molar-refractivity contribution >= 4 is 17.7 Å². The molecular formula is C28H32N6O4. The second-order valence-electron chi connectivity index (χ2n) is 9.62. The number of amides is 3. The van der Waals surface area contributed by atoms with E-state index < -0.39 is 0 Å². The summed E-state index contributed by atoms with van der Waals surface area (Å²) in [6.45, 7) is 4.24. The van der Waals surface area contributed by atoms with Gasteiger partial charge in [-0.25, -0.2) is 4.98 Å². The minimum atomic E-state index is -0.209. The average Bonchev–Trinajstić information content (AvgIpc) is 3.46. The number of nitrogens with one attached hydrogen (secondary N) is 1. The first-order valence-electron chi connectivity index (χ1n) is 13.0. The van der Waals surface area contributed by atoms with Crippen molar-refractivity contribution < 1.29 is 19.1 Å². The van der Waals surface area contributed by atoms with Gasteiger partial charge in [-0.2, -0.15) is 5.10 Å². The number of hydrogen-bond donors (Lipinski definition) is 1. The molecule has 3 aromatic rings. The van der Waals surface area contributed by atoms with Gasteiger partial charge in [0, 0.05) is 50.8 Å². The van der Waals surface area contributed by atoms with Crippen LogP contribution in [0, 0.1) is 0 Å². The van der Waals surface area contributed by atoms with Gasteiger partial charge < -0.3 is 19.4 Å². The number of para-hydroxylation sites is 1. The number of piperazine rings is 1. The maximum absolute atomic E-state index is 13.1. The van der Waals surface area contributed by atoms with Crippen molar-refractivity contribution in [3.8, 4) is 17.1 Å². The van der Waals surface area contributed by atoms with Crippen LogP contribution in [0.1, 0.15) is 48.4 Å². The van der Waals surface area contributed by atoms with Gasteiger partial charge in [-0.1, -0.05) is 30.3 Å². The number of nitrogens with zero attached hydrogens (tertiary/aromatic N) is 5. The van der Waals surface area contributed by atoms with Crippen molar-refractivity contribution in [3.05, 3.63) is 66.0 Å². The van der Waals surface area contributed by atoms with Crippen LogP contribution in [0.2, 0.25) is 0 Å². The maximum atomic E-state index is 13.1. The van der Waals surface area contributed by atoms with E-state index in [1.165, 1.54) is 0 Å². The predicted molar refractivity (Wildman–Crippen MR) is 140 cm³/mol. The van der Waals surface area contributed by atoms with Crippen LogP contribution < -0.4 is 4.74 Å². The van der Waals surface area contributed by atoms with Crippen LogP contribution in [0.5, 0.6) is 5.75 Å². The summed E-state index contributed by atoms with van der Waals surface area (Å²) in [6, 6.07) is 16.4. The molecule has 38 heavy (non-hydrogen) atoms. The lowest BCUT2D eigenvalue weighted by Gasteiger charge is -2.34. The van der Waals surface area contributed by atoms with E-state index in [1.54, 1.807) is 28.9 Å². The number of hydrogen-bond acceptors (Lipinski definition) is 6. The zero-order valence-corrected chi connectivity index (χ0v) is 21.5. The van der Waals surface area contributed by atoms with E-state index >= 15 is 0 Å². The average molecular weight is 517 g/mol. The summed E-state index contributed by atoms with van der Waals surface area (Å²) in [5.74, 6) is 1.63. The quantitative estimate of drug-likeness (QED) is 0.539. The largest absolute Gasteiger partial charge is 0.484 e. The molecule has 2 saturated heterocycles. The smallest absolute Gasteiger partial charge is 0.261 e. The highest BCUT2D eigenvalue weighted by Crippen LogP contribution is 2.30. The number of aromatic nitrogens is 3. The van der Waals surface area contributed by atoms with E-state index in [2.05, 4.69) is 10.2 Å². The van der Waals surface area contributed by atoms with Crippen molar-refractivity contribution in [1.82, 2.24) is 29.9 Å². The molecule has 2 aromatic carbocycles. The third-order valence-electron chi connectivity index (χ3n) is 7.13. The lowest BCUT2D eigenvalue weighted by molar-refractivity contribution is -0.137. The van der Waals surface area contributed by atoms with E-state index in [0.29, 0.717) is 55.7 Å². The molecule has 5 rings (SSSR count). The van der Waals surface area contributed by atoms with Gasteiger partial charge in [0.25, 0.3) is 11.8 Å². The van der Waals surface area contributed by atoms with Crippen molar-refractivity contribution in [2.24, 2.45) is 0 Å². The van der Waals surface area contributed by atoms with E-state index in [-0.39, 0.29) is 30.4 Å². The molecule has 10 nitrogen and oxygen atoms in total. The van der Waals surface area contributed by atoms with Gasteiger partial charge >= 0.3 is 0 Å². The van der Waals surface area contributed by atoms with Crippen LogP contribution in [0.25, 0.3) is 11.4 Å². The molecule has 2 aliphatic heterocycles. The molecule has 1 N–H and O–H groups in total. The van der Waals surface area contributed by atoms with Crippen molar-refractivity contribution in [1.29, 1.82) is 0 Å². The van der Waals surface area contributed by atoms with Crippen LogP contribution in [-0.4, -0.2) is 86.9 Å². The summed E-state index contributed by atoms with van der Waals surface area (Å²) in [5.41, 5.74) is 1.28. The number of likely N-dealkylation sites (tertiary alicyclic amines) is 1. The van der Waals surface area contributed by atoms with E-state index in [4.69, 9.17) is 9.72 Å². The summed E-state index contributed by atoms with van der Waals surface area (Å²) in [7, 11) is 0. The van der Waals surface area contributed by atoms with E-state index in [0.717, 1.165) is 24.8 Å². The summed E-state index contributed by atoms with van der Waals surface area (Å²) in [4.78, 5) is 47.8. The van der Waals surface area contributed by atoms with Crippen molar-refractivity contribution in [2.45, 2.75) is 32.2 Å². The van der Waals surface area contributed by atoms with Gasteiger partial charge in [0.05, 0.1) is 6.04 Å². The maximum Gasteiger partial charge on any atom is 0.261 e. The first-order chi connectivity index (χ1) is 18.5. The normalized spacial score (nSPS) is 17.8. The fourth-order valence-electron chi connectivity index (χ4n) is 5.01. The lowest BCUT2D eigenvalue weighted by atomic mass is 10.0. The molecule has 0 bridgehead atoms. The van der Waals surface area contributed by atoms with Gasteiger partial charge in [0.15, 0.2) is 12.4 Å². The fourth-order valence-corrected chi connectivity index (χ4v) is 5.01. The Morgan fingerprint density at radius 3 is 2.47 bits per heavy atom. The second-order valence-corrected chi connectivity index (χ2v) is 9.62. The van der Waals surface area contributed by atoms with E-state index in [1.807, 2.05) is 47.4 Å². The molecule has 10 heteroatoms. The number of ether oxygens (including phenoxy) is 1. The zero-order chi connectivity index (χ0) is 26.5. The summed E-state index contributed by atoms with van der Waals surface area (Å²) in [6.07, 6.45) is 2.71. The van der Waals surface area contributed by atoms with Crippen LogP contribution in [0.4, 0.5) is 0 Å². The third-order valence-corrected chi connectivity index (χ3v) is 7.13. The third kappa shape index (κ3) is 5.69. The van der Waals surface area contributed by atoms with Gasteiger partial charge in [-0.05, 0) is 43.5 Å². The number of aromatic amines is 1. The standard InChI is InChI=1S/C28H32N6O4/c1-20(35)32-14-16-33(17-15-32)28(37)22-9-7-8-21(18-22)26-29-27(31-30-26)24-12-5-6-13-34(24)25(36)19-38-23-10-3-2-4-11-23/h2-4,7-11,18,24H,5-6,12-17,19H2,1H3,(H,29,30,31). The molecule has 2 fully saturated rings. The Morgan fingerprint density at radius 1 is 0.947 bits per heavy atom. The Morgan fingerprint density at radius 2 is 1.71 bits per heavy atom. The molecule has 3 amide bonds. The first-order valence-corrected chi connectivity index (χ1v) is 13.0. The Labute approximate surface area is 221 Å². The minimum absolute atomic E-state index is 0.0291. The first kappa shape index (κ1) is 25.4. The Kier molecular flexibility index (Phi) is 7.67. The topological polar surface area (TPSA) is 112 Å². The number of rotatable bonds is 6. The summed E-state index contributed by atoms with van der Waals surface area (Å²) in [5, 5.41) is 7.45. The van der Waals surface area contributed by atoms with Crippen LogP contribution in [-0.2, 0) is 9.59 Å². The lowest BCUT2D eigenvalue weighted by Crippen LogP contribution is -2.50. The highest BCUT2D eigenvalue weighted by Gasteiger charge is 2.31. The number of H-pyrrole nitrogens is 1. The molecule has 2 aliphatic rings. The molecular weight excluding hydrogens is 484 g/mol. The molecule has 3 heterocycles. The van der Waals surface area contributed by atoms with Crippen molar-refractivity contribution in [2.75, 3.05) is 39.3 Å². The molecule has 1 aromatic heterocycles. The SMILES string of the molecule is CC(=O)N1CCN(C(=O)c2cccc(-c3n[nH]c(C4CCCCN4C(=O)COc4ccccc4)n3)c2)CC1. The number of carbonyl (C=O) groups excluding carboxylic acids is 3. The Balaban J connectivity index is 1.26. The highest BCUT2D eigenvalue weighted by molar-refractivity contribution is 5.95. The predicted octanol–water partition coefficient (Wildman–Crippen LogP) is 2.91. The number of carbonyl (C=O) groups is 3. The van der Waals surface area contributed by atoms with Gasteiger partial charge in [0.1, 0.15) is 11.6 Å². The Bertz CT molecular complexity index is 1290. The van der Waals surface area contributed by atoms with Gasteiger partial charge in [-0.15, -0.1) is 0 Å². The van der Waals surface area contributed by atoms with Crippen LogP contribution >= 0.6 is 0 Å². The molecule has 0 spiro atoms.